The first-order valence-corrected chi connectivity index (χ1v) is 6.40. The van der Waals surface area contributed by atoms with Gasteiger partial charge in [0.2, 0.25) is 0 Å². The first-order chi connectivity index (χ1) is 8.70. The molecule has 2 aromatic heterocycles. The van der Waals surface area contributed by atoms with Gasteiger partial charge in [0, 0.05) is 23.2 Å². The van der Waals surface area contributed by atoms with Gasteiger partial charge in [-0.3, -0.25) is 4.99 Å². The fourth-order valence-corrected chi connectivity index (χ4v) is 2.49. The Morgan fingerprint density at radius 3 is 3.06 bits per heavy atom. The van der Waals surface area contributed by atoms with Crippen LogP contribution in [-0.2, 0) is 6.42 Å². The van der Waals surface area contributed by atoms with E-state index in [1.54, 1.807) is 6.20 Å². The number of thiazole rings is 1. The van der Waals surface area contributed by atoms with Crippen LogP contribution in [0.15, 0.2) is 29.4 Å². The highest BCUT2D eigenvalue weighted by Crippen LogP contribution is 2.19. The molecule has 0 amide bonds. The molecule has 0 fully saturated rings. The van der Waals surface area contributed by atoms with E-state index in [-0.39, 0.29) is 0 Å². The van der Waals surface area contributed by atoms with Crippen molar-refractivity contribution in [3.05, 3.63) is 44.9 Å². The number of nitrogen functional groups attached to an aromatic ring is 1. The van der Waals surface area contributed by atoms with Crippen LogP contribution in [0.25, 0.3) is 0 Å². The van der Waals surface area contributed by atoms with Crippen molar-refractivity contribution in [2.45, 2.75) is 6.42 Å². The van der Waals surface area contributed by atoms with Gasteiger partial charge in [0.15, 0.2) is 4.47 Å². The summed E-state index contributed by atoms with van der Waals surface area (Å²) in [6, 6.07) is 5.65. The predicted molar refractivity (Wildman–Crippen MR) is 73.8 cm³/mol. The summed E-state index contributed by atoms with van der Waals surface area (Å²) >= 11 is 7.23. The van der Waals surface area contributed by atoms with Gasteiger partial charge in [-0.2, -0.15) is 0 Å². The van der Waals surface area contributed by atoms with Gasteiger partial charge in [-0.25, -0.2) is 9.66 Å². The summed E-state index contributed by atoms with van der Waals surface area (Å²) in [4.78, 5) is 9.24. The zero-order valence-electron chi connectivity index (χ0n) is 9.51. The van der Waals surface area contributed by atoms with Gasteiger partial charge in [0.05, 0.1) is 0 Å². The zero-order valence-corrected chi connectivity index (χ0v) is 11.1. The first-order valence-electron chi connectivity index (χ1n) is 5.21. The summed E-state index contributed by atoms with van der Waals surface area (Å²) in [6.07, 6.45) is 7.59. The van der Waals surface area contributed by atoms with Crippen molar-refractivity contribution in [1.29, 1.82) is 0 Å². The van der Waals surface area contributed by atoms with Gasteiger partial charge in [-0.15, -0.1) is 17.8 Å². The number of terminal acetylenes is 1. The van der Waals surface area contributed by atoms with Crippen LogP contribution in [0.5, 0.6) is 0 Å². The Labute approximate surface area is 114 Å². The minimum atomic E-state index is 0.313. The minimum Gasteiger partial charge on any atom is -0.338 e. The van der Waals surface area contributed by atoms with Crippen LogP contribution in [0.4, 0.5) is 0 Å². The van der Waals surface area contributed by atoms with Crippen molar-refractivity contribution in [3.63, 3.8) is 0 Å². The molecule has 0 aromatic carbocycles. The Kier molecular flexibility index (Phi) is 4.03. The Morgan fingerprint density at radius 2 is 2.39 bits per heavy atom. The SMILES string of the molecule is C#CCN=c1cccc(Cc2cnc(Cl)s2)n1N. The second-order valence-electron chi connectivity index (χ2n) is 3.52. The van der Waals surface area contributed by atoms with Crippen LogP contribution in [0.1, 0.15) is 10.6 Å². The third kappa shape index (κ3) is 2.92. The highest BCUT2D eigenvalue weighted by Gasteiger charge is 2.04. The number of aromatic nitrogens is 2. The van der Waals surface area contributed by atoms with Gasteiger partial charge in [0.1, 0.15) is 12.0 Å². The maximum Gasteiger partial charge on any atom is 0.183 e. The lowest BCUT2D eigenvalue weighted by Crippen LogP contribution is -2.30. The molecule has 0 spiro atoms. The number of pyridine rings is 1. The van der Waals surface area contributed by atoms with E-state index in [0.717, 1.165) is 10.6 Å². The Bertz CT molecular complexity index is 651. The summed E-state index contributed by atoms with van der Waals surface area (Å²) in [5, 5.41) is 0. The molecule has 2 heterocycles. The van der Waals surface area contributed by atoms with E-state index in [9.17, 15) is 0 Å². The predicted octanol–water partition coefficient (Wildman–Crippen LogP) is 1.44. The molecule has 0 aliphatic rings. The van der Waals surface area contributed by atoms with E-state index in [1.807, 2.05) is 18.2 Å². The molecule has 0 saturated carbocycles. The van der Waals surface area contributed by atoms with Crippen LogP contribution < -0.4 is 11.3 Å². The fourth-order valence-electron chi connectivity index (χ4n) is 1.50. The summed E-state index contributed by atoms with van der Waals surface area (Å²) in [5.41, 5.74) is 1.58. The highest BCUT2D eigenvalue weighted by molar-refractivity contribution is 7.15. The molecule has 0 aliphatic carbocycles. The third-order valence-electron chi connectivity index (χ3n) is 2.30. The van der Waals surface area contributed by atoms with Gasteiger partial charge in [-0.05, 0) is 12.1 Å². The molecule has 92 valence electrons. The summed E-state index contributed by atoms with van der Waals surface area (Å²) in [7, 11) is 0. The van der Waals surface area contributed by atoms with E-state index in [1.165, 1.54) is 16.0 Å². The van der Waals surface area contributed by atoms with Crippen molar-refractivity contribution in [2.75, 3.05) is 12.4 Å². The summed E-state index contributed by atoms with van der Waals surface area (Å²) < 4.78 is 2.06. The average molecular weight is 279 g/mol. The third-order valence-corrected chi connectivity index (χ3v) is 3.42. The molecule has 0 unspecified atom stereocenters. The van der Waals surface area contributed by atoms with Gasteiger partial charge < -0.3 is 5.84 Å². The molecule has 0 saturated heterocycles. The lowest BCUT2D eigenvalue weighted by atomic mass is 10.2. The topological polar surface area (TPSA) is 56.2 Å². The van der Waals surface area contributed by atoms with Crippen LogP contribution in [0.2, 0.25) is 4.47 Å². The summed E-state index contributed by atoms with van der Waals surface area (Å²) in [6.45, 7) is 0.313. The van der Waals surface area contributed by atoms with Crippen LogP contribution in [0, 0.1) is 12.3 Å². The largest absolute Gasteiger partial charge is 0.338 e. The van der Waals surface area contributed by atoms with E-state index in [4.69, 9.17) is 23.9 Å². The molecule has 0 radical (unpaired) electrons. The molecule has 6 heteroatoms. The van der Waals surface area contributed by atoms with Crippen molar-refractivity contribution < 1.29 is 0 Å². The highest BCUT2D eigenvalue weighted by atomic mass is 35.5. The number of rotatable bonds is 3. The smallest absolute Gasteiger partial charge is 0.183 e. The quantitative estimate of drug-likeness (QED) is 0.682. The van der Waals surface area contributed by atoms with E-state index in [2.05, 4.69) is 15.9 Å². The lowest BCUT2D eigenvalue weighted by molar-refractivity contribution is 0.820. The zero-order chi connectivity index (χ0) is 13.0. The fraction of sp³-hybridized carbons (Fsp3) is 0.167. The van der Waals surface area contributed by atoms with Crippen molar-refractivity contribution in [1.82, 2.24) is 9.66 Å². The molecule has 0 aliphatic heterocycles. The molecule has 0 bridgehead atoms. The standard InChI is InChI=1S/C12H11ClN4S/c1-2-6-15-11-5-3-4-9(17(11)14)7-10-8-16-12(13)18-10/h1,3-5,8H,6-7,14H2. The molecular formula is C12H11ClN4S. The molecule has 18 heavy (non-hydrogen) atoms. The Morgan fingerprint density at radius 1 is 1.56 bits per heavy atom. The van der Waals surface area contributed by atoms with Gasteiger partial charge in [0.25, 0.3) is 0 Å². The number of hydrogen-bond acceptors (Lipinski definition) is 4. The Balaban J connectivity index is 2.32. The second kappa shape index (κ2) is 5.71. The molecule has 2 N–H and O–H groups in total. The molecule has 2 aromatic rings. The van der Waals surface area contributed by atoms with Crippen molar-refractivity contribution in [2.24, 2.45) is 4.99 Å². The van der Waals surface area contributed by atoms with E-state index >= 15 is 0 Å². The van der Waals surface area contributed by atoms with Crippen LogP contribution >= 0.6 is 22.9 Å². The molecule has 4 nitrogen and oxygen atoms in total. The minimum absolute atomic E-state index is 0.313. The monoisotopic (exact) mass is 278 g/mol. The van der Waals surface area contributed by atoms with Crippen molar-refractivity contribution >= 4 is 22.9 Å². The van der Waals surface area contributed by atoms with Gasteiger partial charge >= 0.3 is 0 Å². The Hall–Kier alpha value is -1.77. The van der Waals surface area contributed by atoms with Crippen molar-refractivity contribution in [3.8, 4) is 12.3 Å². The number of nitrogens with two attached hydrogens (primary N) is 1. The first kappa shape index (κ1) is 12.7. The van der Waals surface area contributed by atoms with Crippen LogP contribution in [0.3, 0.4) is 0 Å². The van der Waals surface area contributed by atoms with E-state index in [0.29, 0.717) is 22.9 Å². The molecular weight excluding hydrogens is 268 g/mol. The van der Waals surface area contributed by atoms with Crippen LogP contribution in [-0.4, -0.2) is 16.2 Å². The number of nitrogens with zero attached hydrogens (tertiary/aromatic N) is 3. The van der Waals surface area contributed by atoms with Gasteiger partial charge in [-0.1, -0.05) is 23.6 Å². The summed E-state index contributed by atoms with van der Waals surface area (Å²) in [5.74, 6) is 8.44. The van der Waals surface area contributed by atoms with E-state index < -0.39 is 0 Å². The maximum absolute atomic E-state index is 5.98. The maximum atomic E-state index is 5.98. The average Bonchev–Trinajstić information content (AvgIpc) is 2.76. The molecule has 2 rings (SSSR count). The second-order valence-corrected chi connectivity index (χ2v) is 5.22. The number of halogens is 1. The normalized spacial score (nSPS) is 11.4. The molecule has 0 atom stereocenters. The number of hydrogen-bond donors (Lipinski definition) is 1. The lowest BCUT2D eigenvalue weighted by Gasteiger charge is -2.07.